The van der Waals surface area contributed by atoms with Gasteiger partial charge in [-0.3, -0.25) is 14.6 Å². The van der Waals surface area contributed by atoms with E-state index in [0.717, 1.165) is 35.4 Å². The van der Waals surface area contributed by atoms with Gasteiger partial charge in [0.25, 0.3) is 5.91 Å². The van der Waals surface area contributed by atoms with Crippen LogP contribution in [-0.4, -0.2) is 36.6 Å². The van der Waals surface area contributed by atoms with E-state index >= 15 is 0 Å². The van der Waals surface area contributed by atoms with Crippen LogP contribution in [0.2, 0.25) is 0 Å². The standard InChI is InChI=1S/C27H28N2O3S/c1-27(2)17-20-9-10-21(32-3)15-23(20)24(29-27)16-25(30)18-6-4-7-19(14-18)26(31)28-12-11-22-8-5-13-33-22/h4-10,13-15H,11-12,16-17H2,1-3H3,(H,28,31). The van der Waals surface area contributed by atoms with Crippen LogP contribution in [0.15, 0.2) is 65.0 Å². The third kappa shape index (κ3) is 5.57. The Morgan fingerprint density at radius 2 is 1.91 bits per heavy atom. The molecular formula is C27H28N2O3S. The summed E-state index contributed by atoms with van der Waals surface area (Å²) in [5.41, 5.74) is 3.61. The molecule has 1 aliphatic rings. The van der Waals surface area contributed by atoms with Gasteiger partial charge in [0.1, 0.15) is 5.75 Å². The van der Waals surface area contributed by atoms with Crippen molar-refractivity contribution < 1.29 is 14.3 Å². The number of nitrogens with zero attached hydrogens (tertiary/aromatic N) is 1. The molecule has 0 aliphatic carbocycles. The number of ether oxygens (including phenoxy) is 1. The Labute approximate surface area is 198 Å². The van der Waals surface area contributed by atoms with Gasteiger partial charge in [-0.15, -0.1) is 11.3 Å². The highest BCUT2D eigenvalue weighted by molar-refractivity contribution is 7.09. The SMILES string of the molecule is COc1ccc2c(c1)C(CC(=O)c1cccc(C(=O)NCCc3cccs3)c1)=NC(C)(C)C2. The maximum atomic E-state index is 13.2. The van der Waals surface area contributed by atoms with Crippen molar-refractivity contribution >= 4 is 28.7 Å². The van der Waals surface area contributed by atoms with Crippen LogP contribution in [0, 0.1) is 0 Å². The molecule has 1 aliphatic heterocycles. The number of nitrogens with one attached hydrogen (secondary N) is 1. The minimum atomic E-state index is -0.276. The Bertz CT molecular complexity index is 1200. The largest absolute Gasteiger partial charge is 0.497 e. The van der Waals surface area contributed by atoms with Crippen LogP contribution in [0.1, 0.15) is 57.0 Å². The van der Waals surface area contributed by atoms with Gasteiger partial charge in [-0.1, -0.05) is 24.3 Å². The maximum absolute atomic E-state index is 13.2. The molecule has 1 amide bonds. The number of Topliss-reactive ketones (excluding diaryl/α,β-unsaturated/α-hetero) is 1. The van der Waals surface area contributed by atoms with Crippen molar-refractivity contribution in [3.63, 3.8) is 0 Å². The normalized spacial score (nSPS) is 14.2. The summed E-state index contributed by atoms with van der Waals surface area (Å²) in [6, 6.07) is 16.9. The average molecular weight is 461 g/mol. The first-order valence-corrected chi connectivity index (χ1v) is 11.9. The third-order valence-corrected chi connectivity index (χ3v) is 6.64. The van der Waals surface area contributed by atoms with Gasteiger partial charge in [-0.25, -0.2) is 0 Å². The van der Waals surface area contributed by atoms with Gasteiger partial charge in [0.15, 0.2) is 5.78 Å². The second kappa shape index (κ2) is 9.71. The van der Waals surface area contributed by atoms with Crippen LogP contribution in [-0.2, 0) is 12.8 Å². The van der Waals surface area contributed by atoms with E-state index in [9.17, 15) is 9.59 Å². The molecule has 0 atom stereocenters. The van der Waals surface area contributed by atoms with Crippen molar-refractivity contribution in [2.75, 3.05) is 13.7 Å². The molecule has 0 unspecified atom stereocenters. The Hall–Kier alpha value is -3.25. The second-order valence-electron chi connectivity index (χ2n) is 8.84. The number of thiophene rings is 1. The summed E-state index contributed by atoms with van der Waals surface area (Å²) in [6.45, 7) is 4.71. The summed E-state index contributed by atoms with van der Waals surface area (Å²) in [5.74, 6) is 0.510. The van der Waals surface area contributed by atoms with E-state index in [1.165, 1.54) is 4.88 Å². The van der Waals surface area contributed by atoms with E-state index < -0.39 is 0 Å². The highest BCUT2D eigenvalue weighted by atomic mass is 32.1. The topological polar surface area (TPSA) is 67.8 Å². The number of hydrogen-bond acceptors (Lipinski definition) is 5. The van der Waals surface area contributed by atoms with Gasteiger partial charge in [0.2, 0.25) is 0 Å². The molecule has 5 nitrogen and oxygen atoms in total. The molecular weight excluding hydrogens is 432 g/mol. The van der Waals surface area contributed by atoms with Gasteiger partial charge in [0, 0.05) is 28.1 Å². The first-order valence-electron chi connectivity index (χ1n) is 11.0. The quantitative estimate of drug-likeness (QED) is 0.474. The van der Waals surface area contributed by atoms with Crippen molar-refractivity contribution in [3.05, 3.63) is 87.1 Å². The predicted molar refractivity (Wildman–Crippen MR) is 133 cm³/mol. The van der Waals surface area contributed by atoms with Crippen molar-refractivity contribution in [3.8, 4) is 5.75 Å². The summed E-state index contributed by atoms with van der Waals surface area (Å²) in [7, 11) is 1.63. The molecule has 2 heterocycles. The molecule has 0 saturated heterocycles. The number of methoxy groups -OCH3 is 1. The van der Waals surface area contributed by atoms with E-state index in [0.29, 0.717) is 17.7 Å². The zero-order valence-electron chi connectivity index (χ0n) is 19.2. The third-order valence-electron chi connectivity index (χ3n) is 5.70. The first-order chi connectivity index (χ1) is 15.8. The maximum Gasteiger partial charge on any atom is 0.251 e. The van der Waals surface area contributed by atoms with Crippen LogP contribution in [0.3, 0.4) is 0 Å². The lowest BCUT2D eigenvalue weighted by atomic mass is 9.85. The molecule has 1 N–H and O–H groups in total. The molecule has 2 aromatic carbocycles. The van der Waals surface area contributed by atoms with E-state index in [-0.39, 0.29) is 23.7 Å². The summed E-state index contributed by atoms with van der Waals surface area (Å²) in [6.07, 6.45) is 1.78. The summed E-state index contributed by atoms with van der Waals surface area (Å²) in [5, 5.41) is 4.97. The van der Waals surface area contributed by atoms with Crippen LogP contribution < -0.4 is 10.1 Å². The fourth-order valence-corrected chi connectivity index (χ4v) is 4.82. The number of benzene rings is 2. The summed E-state index contributed by atoms with van der Waals surface area (Å²) >= 11 is 1.68. The highest BCUT2D eigenvalue weighted by Gasteiger charge is 2.28. The first kappa shape index (κ1) is 22.9. The van der Waals surface area contributed by atoms with Crippen molar-refractivity contribution in [1.82, 2.24) is 5.32 Å². The molecule has 33 heavy (non-hydrogen) atoms. The van der Waals surface area contributed by atoms with Gasteiger partial charge in [-0.2, -0.15) is 0 Å². The number of amides is 1. The fourth-order valence-electron chi connectivity index (χ4n) is 4.12. The number of hydrogen-bond donors (Lipinski definition) is 1. The molecule has 4 rings (SSSR count). The minimum absolute atomic E-state index is 0.0616. The average Bonchev–Trinajstić information content (AvgIpc) is 3.31. The zero-order chi connectivity index (χ0) is 23.4. The fraction of sp³-hybridized carbons (Fsp3) is 0.296. The van der Waals surface area contributed by atoms with Crippen molar-refractivity contribution in [2.45, 2.75) is 38.6 Å². The molecule has 0 saturated carbocycles. The highest BCUT2D eigenvalue weighted by Crippen LogP contribution is 2.31. The smallest absolute Gasteiger partial charge is 0.251 e. The van der Waals surface area contributed by atoms with Gasteiger partial charge in [0.05, 0.1) is 24.8 Å². The van der Waals surface area contributed by atoms with Crippen molar-refractivity contribution in [1.29, 1.82) is 0 Å². The van der Waals surface area contributed by atoms with Gasteiger partial charge < -0.3 is 10.1 Å². The van der Waals surface area contributed by atoms with Crippen LogP contribution >= 0.6 is 11.3 Å². The minimum Gasteiger partial charge on any atom is -0.497 e. The van der Waals surface area contributed by atoms with Crippen LogP contribution in [0.25, 0.3) is 0 Å². The van der Waals surface area contributed by atoms with Crippen LogP contribution in [0.5, 0.6) is 5.75 Å². The lowest BCUT2D eigenvalue weighted by Crippen LogP contribution is -2.30. The van der Waals surface area contributed by atoms with Gasteiger partial charge in [-0.05, 0) is 68.0 Å². The van der Waals surface area contributed by atoms with E-state index in [1.807, 2.05) is 23.6 Å². The monoisotopic (exact) mass is 460 g/mol. The summed E-state index contributed by atoms with van der Waals surface area (Å²) in [4.78, 5) is 31.9. The molecule has 3 aromatic rings. The van der Waals surface area contributed by atoms with Crippen LogP contribution in [0.4, 0.5) is 0 Å². The Morgan fingerprint density at radius 3 is 2.67 bits per heavy atom. The molecule has 0 spiro atoms. The number of aliphatic imine (C=N–C) groups is 1. The Kier molecular flexibility index (Phi) is 6.75. The van der Waals surface area contributed by atoms with E-state index in [4.69, 9.17) is 9.73 Å². The van der Waals surface area contributed by atoms with E-state index in [2.05, 4.69) is 31.3 Å². The van der Waals surface area contributed by atoms with E-state index in [1.54, 1.807) is 42.7 Å². The molecule has 0 radical (unpaired) electrons. The Balaban J connectivity index is 1.48. The molecule has 170 valence electrons. The number of carbonyl (C=O) groups excluding carboxylic acids is 2. The van der Waals surface area contributed by atoms with Gasteiger partial charge >= 0.3 is 0 Å². The zero-order valence-corrected chi connectivity index (χ0v) is 20.0. The summed E-state index contributed by atoms with van der Waals surface area (Å²) < 4.78 is 5.38. The number of carbonyl (C=O) groups is 2. The Morgan fingerprint density at radius 1 is 1.09 bits per heavy atom. The number of rotatable bonds is 8. The number of fused-ring (bicyclic) bond motifs is 1. The lowest BCUT2D eigenvalue weighted by molar-refractivity contribution is 0.0954. The number of ketones is 1. The van der Waals surface area contributed by atoms with Crippen molar-refractivity contribution in [2.24, 2.45) is 4.99 Å². The molecule has 6 heteroatoms. The molecule has 0 bridgehead atoms. The lowest BCUT2D eigenvalue weighted by Gasteiger charge is -2.29. The predicted octanol–water partition coefficient (Wildman–Crippen LogP) is 5.13. The molecule has 0 fully saturated rings. The molecule has 1 aromatic heterocycles. The second-order valence-corrected chi connectivity index (χ2v) is 9.87.